The van der Waals surface area contributed by atoms with Gasteiger partial charge in [-0.3, -0.25) is 14.3 Å². The summed E-state index contributed by atoms with van der Waals surface area (Å²) in [6.07, 6.45) is 1.06. The van der Waals surface area contributed by atoms with Gasteiger partial charge in [-0.1, -0.05) is 53.6 Å². The molecule has 2 heterocycles. The fourth-order valence-electron chi connectivity index (χ4n) is 4.16. The van der Waals surface area contributed by atoms with Crippen LogP contribution in [-0.2, 0) is 0 Å². The minimum atomic E-state index is -0.666. The quantitative estimate of drug-likeness (QED) is 0.693. The van der Waals surface area contributed by atoms with Crippen LogP contribution in [0.3, 0.4) is 0 Å². The Morgan fingerprint density at radius 1 is 1.17 bits per heavy atom. The fourth-order valence-corrected chi connectivity index (χ4v) is 4.36. The van der Waals surface area contributed by atoms with E-state index in [2.05, 4.69) is 11.2 Å². The molecule has 0 aliphatic carbocycles. The van der Waals surface area contributed by atoms with Crippen molar-refractivity contribution in [2.24, 2.45) is 0 Å². The predicted molar refractivity (Wildman–Crippen MR) is 115 cm³/mol. The molecule has 1 aromatic heterocycles. The number of carbonyl (C=O) groups excluding carboxylic acids is 1. The first kappa shape index (κ1) is 20.2. The molecule has 0 bridgehead atoms. The van der Waals surface area contributed by atoms with Crippen LogP contribution >= 0.6 is 11.6 Å². The Hall–Kier alpha value is -3.12. The second-order valence-electron chi connectivity index (χ2n) is 7.51. The Kier molecular flexibility index (Phi) is 5.35. The summed E-state index contributed by atoms with van der Waals surface area (Å²) in [6, 6.07) is 15.4. The lowest BCUT2D eigenvalue weighted by Gasteiger charge is -2.39. The van der Waals surface area contributed by atoms with E-state index >= 15 is 0 Å². The first-order valence-electron chi connectivity index (χ1n) is 9.82. The molecule has 4 rings (SSSR count). The highest BCUT2D eigenvalue weighted by molar-refractivity contribution is 6.30. The third kappa shape index (κ3) is 3.48. The summed E-state index contributed by atoms with van der Waals surface area (Å²) in [5, 5.41) is 15.3. The first-order chi connectivity index (χ1) is 14.4. The summed E-state index contributed by atoms with van der Waals surface area (Å²) in [5.41, 5.74) is 2.38. The maximum absolute atomic E-state index is 12.9. The molecular weight excluding hydrogens is 402 g/mol. The molecule has 0 saturated carbocycles. The van der Waals surface area contributed by atoms with E-state index in [9.17, 15) is 14.7 Å². The maximum atomic E-state index is 12.9. The number of aromatic hydroxyl groups is 1. The second-order valence-corrected chi connectivity index (χ2v) is 7.94. The topological polar surface area (TPSA) is 75.4 Å². The molecule has 2 atom stereocenters. The monoisotopic (exact) mass is 423 g/mol. The molecule has 7 heteroatoms. The summed E-state index contributed by atoms with van der Waals surface area (Å²) >= 11 is 6.30. The summed E-state index contributed by atoms with van der Waals surface area (Å²) in [6.45, 7) is 4.74. The zero-order valence-electron chi connectivity index (χ0n) is 16.7. The highest BCUT2D eigenvalue weighted by Crippen LogP contribution is 2.40. The van der Waals surface area contributed by atoms with Gasteiger partial charge in [-0.25, -0.2) is 0 Å². The average Bonchev–Trinajstić information content (AvgIpc) is 2.72. The van der Waals surface area contributed by atoms with Crippen molar-refractivity contribution in [3.8, 4) is 5.75 Å². The van der Waals surface area contributed by atoms with Gasteiger partial charge in [-0.15, -0.1) is 0 Å². The van der Waals surface area contributed by atoms with E-state index in [0.29, 0.717) is 18.1 Å². The SMILES string of the molecule is CCN1CC(C(c2cccc(C)c2)c2cccc(Cl)c2)n2ncc(=O)c(O)c2C1=O. The van der Waals surface area contributed by atoms with E-state index < -0.39 is 17.1 Å². The zero-order chi connectivity index (χ0) is 21.4. The second kappa shape index (κ2) is 7.95. The van der Waals surface area contributed by atoms with Crippen molar-refractivity contribution < 1.29 is 9.90 Å². The third-order valence-corrected chi connectivity index (χ3v) is 5.81. The van der Waals surface area contributed by atoms with Gasteiger partial charge in [-0.05, 0) is 37.1 Å². The van der Waals surface area contributed by atoms with Gasteiger partial charge in [-0.2, -0.15) is 5.10 Å². The highest BCUT2D eigenvalue weighted by Gasteiger charge is 2.39. The molecule has 2 unspecified atom stereocenters. The zero-order valence-corrected chi connectivity index (χ0v) is 17.5. The number of carbonyl (C=O) groups is 1. The third-order valence-electron chi connectivity index (χ3n) is 5.57. The van der Waals surface area contributed by atoms with E-state index in [-0.39, 0.29) is 17.7 Å². The van der Waals surface area contributed by atoms with Crippen molar-refractivity contribution in [2.75, 3.05) is 13.1 Å². The number of aromatic nitrogens is 2. The van der Waals surface area contributed by atoms with Gasteiger partial charge in [0.1, 0.15) is 0 Å². The average molecular weight is 424 g/mol. The van der Waals surface area contributed by atoms with Gasteiger partial charge < -0.3 is 10.0 Å². The Labute approximate surface area is 179 Å². The lowest BCUT2D eigenvalue weighted by Crippen LogP contribution is -2.46. The van der Waals surface area contributed by atoms with Gasteiger partial charge in [0.25, 0.3) is 5.91 Å². The van der Waals surface area contributed by atoms with Crippen LogP contribution in [0.5, 0.6) is 5.75 Å². The maximum Gasteiger partial charge on any atom is 0.276 e. The molecule has 0 spiro atoms. The van der Waals surface area contributed by atoms with Crippen LogP contribution in [0.15, 0.2) is 59.5 Å². The van der Waals surface area contributed by atoms with E-state index in [1.807, 2.05) is 56.3 Å². The number of fused-ring (bicyclic) bond motifs is 1. The molecule has 0 fully saturated rings. The van der Waals surface area contributed by atoms with E-state index in [1.54, 1.807) is 4.90 Å². The standard InChI is InChI=1S/C23H22ClN3O3/c1-3-26-13-18(27-21(23(26)30)22(29)19(28)12-25-27)20(15-7-4-6-14(2)10-15)16-8-5-9-17(24)11-16/h4-12,18,20,29H,3,13H2,1-2H3. The molecule has 6 nitrogen and oxygen atoms in total. The number of hydrogen-bond donors (Lipinski definition) is 1. The molecule has 154 valence electrons. The summed E-state index contributed by atoms with van der Waals surface area (Å²) in [5.74, 6) is -1.16. The molecule has 1 N–H and O–H groups in total. The Morgan fingerprint density at radius 2 is 1.87 bits per heavy atom. The van der Waals surface area contributed by atoms with Crippen molar-refractivity contribution in [2.45, 2.75) is 25.8 Å². The number of benzene rings is 2. The molecule has 0 radical (unpaired) electrons. The van der Waals surface area contributed by atoms with E-state index in [1.165, 1.54) is 4.68 Å². The normalized spacial score (nSPS) is 17.0. The van der Waals surface area contributed by atoms with Crippen molar-refractivity contribution in [3.63, 3.8) is 0 Å². The van der Waals surface area contributed by atoms with Gasteiger partial charge >= 0.3 is 0 Å². The van der Waals surface area contributed by atoms with Crippen molar-refractivity contribution >= 4 is 17.5 Å². The number of amides is 1. The molecular formula is C23H22ClN3O3. The van der Waals surface area contributed by atoms with Gasteiger partial charge in [0.05, 0.1) is 12.2 Å². The van der Waals surface area contributed by atoms with Crippen LogP contribution in [0.2, 0.25) is 5.02 Å². The molecule has 0 saturated heterocycles. The van der Waals surface area contributed by atoms with Gasteiger partial charge in [0, 0.05) is 24.0 Å². The van der Waals surface area contributed by atoms with Gasteiger partial charge in [0.2, 0.25) is 5.43 Å². The Bertz CT molecular complexity index is 1130. The molecule has 1 aliphatic heterocycles. The lowest BCUT2D eigenvalue weighted by molar-refractivity contribution is 0.0646. The summed E-state index contributed by atoms with van der Waals surface area (Å²) in [4.78, 5) is 26.6. The van der Waals surface area contributed by atoms with Crippen molar-refractivity contribution in [1.29, 1.82) is 0 Å². The van der Waals surface area contributed by atoms with E-state index in [4.69, 9.17) is 11.6 Å². The minimum absolute atomic E-state index is 0.0692. The van der Waals surface area contributed by atoms with Crippen molar-refractivity contribution in [1.82, 2.24) is 14.7 Å². The predicted octanol–water partition coefficient (Wildman–Crippen LogP) is 3.76. The number of halogens is 1. The van der Waals surface area contributed by atoms with Crippen molar-refractivity contribution in [3.05, 3.63) is 92.4 Å². The fraction of sp³-hybridized carbons (Fsp3) is 0.261. The molecule has 1 aliphatic rings. The first-order valence-corrected chi connectivity index (χ1v) is 10.2. The largest absolute Gasteiger partial charge is 0.502 e. The van der Waals surface area contributed by atoms with Gasteiger partial charge in [0.15, 0.2) is 11.4 Å². The lowest BCUT2D eigenvalue weighted by atomic mass is 9.83. The molecule has 2 aromatic carbocycles. The molecule has 3 aromatic rings. The van der Waals surface area contributed by atoms with Crippen LogP contribution in [-0.4, -0.2) is 38.8 Å². The number of hydrogen-bond acceptors (Lipinski definition) is 4. The Morgan fingerprint density at radius 3 is 2.53 bits per heavy atom. The number of aryl methyl sites for hydroxylation is 1. The van der Waals surface area contributed by atoms with Crippen LogP contribution < -0.4 is 5.43 Å². The minimum Gasteiger partial charge on any atom is -0.502 e. The van der Waals surface area contributed by atoms with E-state index in [0.717, 1.165) is 22.9 Å². The highest BCUT2D eigenvalue weighted by atomic mass is 35.5. The summed E-state index contributed by atoms with van der Waals surface area (Å²) < 4.78 is 1.50. The number of likely N-dealkylation sites (N-methyl/N-ethyl adjacent to an activating group) is 1. The van der Waals surface area contributed by atoms with Crippen LogP contribution in [0.4, 0.5) is 0 Å². The van der Waals surface area contributed by atoms with Crippen LogP contribution in [0.1, 0.15) is 46.1 Å². The molecule has 30 heavy (non-hydrogen) atoms. The number of rotatable bonds is 4. The summed E-state index contributed by atoms with van der Waals surface area (Å²) in [7, 11) is 0. The Balaban J connectivity index is 1.97. The smallest absolute Gasteiger partial charge is 0.276 e. The molecule has 1 amide bonds. The van der Waals surface area contributed by atoms with Crippen LogP contribution in [0, 0.1) is 6.92 Å². The number of nitrogens with zero attached hydrogens (tertiary/aromatic N) is 3. The van der Waals surface area contributed by atoms with Crippen LogP contribution in [0.25, 0.3) is 0 Å².